The molecule has 1 aromatic heterocycles. The molecule has 0 saturated heterocycles. The van der Waals surface area contributed by atoms with Gasteiger partial charge in [0.05, 0.1) is 12.5 Å². The lowest BCUT2D eigenvalue weighted by molar-refractivity contribution is -0.138. The molecule has 4 unspecified atom stereocenters. The molecule has 0 aliphatic heterocycles. The molecular formula is C23H32O2. The van der Waals surface area contributed by atoms with Crippen molar-refractivity contribution in [2.24, 2.45) is 34.5 Å². The minimum absolute atomic E-state index is 0.436. The van der Waals surface area contributed by atoms with Crippen LogP contribution in [0.15, 0.2) is 23.0 Å². The van der Waals surface area contributed by atoms with E-state index in [9.17, 15) is 4.79 Å². The minimum Gasteiger partial charge on any atom is -0.472 e. The first-order valence-electron chi connectivity index (χ1n) is 10.6. The molecular weight excluding hydrogens is 308 g/mol. The number of carbonyl (C=O) groups excluding carboxylic acids is 1. The van der Waals surface area contributed by atoms with Crippen molar-refractivity contribution in [3.8, 4) is 0 Å². The van der Waals surface area contributed by atoms with E-state index in [1.54, 1.807) is 0 Å². The summed E-state index contributed by atoms with van der Waals surface area (Å²) in [5, 5.41) is 0. The molecule has 4 fully saturated rings. The van der Waals surface area contributed by atoms with Gasteiger partial charge >= 0.3 is 0 Å². The van der Waals surface area contributed by atoms with Crippen LogP contribution < -0.4 is 0 Å². The molecule has 136 valence electrons. The fraction of sp³-hybridized carbons (Fsp3) is 0.783. The lowest BCUT2D eigenvalue weighted by Gasteiger charge is -2.60. The van der Waals surface area contributed by atoms with Crippen molar-refractivity contribution in [1.29, 1.82) is 0 Å². The number of hydrogen-bond donors (Lipinski definition) is 0. The SMILES string of the molecule is C[C@]12CCC(=O)CC1CCC1C2CC[C@@]2(C)C1CC[C@@H]2c1ccoc1. The van der Waals surface area contributed by atoms with Gasteiger partial charge in [-0.05, 0) is 97.0 Å². The molecule has 0 bridgehead atoms. The smallest absolute Gasteiger partial charge is 0.133 e. The third-order valence-electron chi connectivity index (χ3n) is 9.43. The molecule has 1 heterocycles. The summed E-state index contributed by atoms with van der Waals surface area (Å²) < 4.78 is 5.42. The summed E-state index contributed by atoms with van der Waals surface area (Å²) in [5.41, 5.74) is 2.33. The van der Waals surface area contributed by atoms with Gasteiger partial charge < -0.3 is 4.42 Å². The van der Waals surface area contributed by atoms with Gasteiger partial charge in [0.25, 0.3) is 0 Å². The highest BCUT2D eigenvalue weighted by molar-refractivity contribution is 5.79. The van der Waals surface area contributed by atoms with Crippen molar-refractivity contribution in [2.75, 3.05) is 0 Å². The topological polar surface area (TPSA) is 30.2 Å². The predicted molar refractivity (Wildman–Crippen MR) is 98.2 cm³/mol. The van der Waals surface area contributed by atoms with Crippen molar-refractivity contribution in [3.63, 3.8) is 0 Å². The summed E-state index contributed by atoms with van der Waals surface area (Å²) >= 11 is 0. The van der Waals surface area contributed by atoms with Gasteiger partial charge in [0.1, 0.15) is 5.78 Å². The van der Waals surface area contributed by atoms with E-state index in [4.69, 9.17) is 4.42 Å². The van der Waals surface area contributed by atoms with E-state index in [1.807, 2.05) is 12.5 Å². The highest BCUT2D eigenvalue weighted by Crippen LogP contribution is 2.68. The molecule has 4 aliphatic rings. The summed E-state index contributed by atoms with van der Waals surface area (Å²) in [4.78, 5) is 12.0. The quantitative estimate of drug-likeness (QED) is 0.630. The van der Waals surface area contributed by atoms with Crippen LogP contribution in [-0.2, 0) is 4.79 Å². The summed E-state index contributed by atoms with van der Waals surface area (Å²) in [7, 11) is 0. The molecule has 2 nitrogen and oxygen atoms in total. The number of carbonyl (C=O) groups is 1. The van der Waals surface area contributed by atoms with Gasteiger partial charge in [0.2, 0.25) is 0 Å². The van der Waals surface area contributed by atoms with Crippen LogP contribution >= 0.6 is 0 Å². The highest BCUT2D eigenvalue weighted by Gasteiger charge is 2.60. The fourth-order valence-corrected chi connectivity index (χ4v) is 8.07. The molecule has 4 saturated carbocycles. The van der Waals surface area contributed by atoms with Gasteiger partial charge in [0.15, 0.2) is 0 Å². The van der Waals surface area contributed by atoms with Crippen LogP contribution in [0.1, 0.15) is 83.1 Å². The van der Waals surface area contributed by atoms with Crippen LogP contribution in [0.3, 0.4) is 0 Å². The maximum atomic E-state index is 12.0. The lowest BCUT2D eigenvalue weighted by atomic mass is 9.44. The summed E-state index contributed by atoms with van der Waals surface area (Å²) in [6.45, 7) is 5.13. The molecule has 25 heavy (non-hydrogen) atoms. The number of hydrogen-bond acceptors (Lipinski definition) is 2. The third kappa shape index (κ3) is 2.18. The first kappa shape index (κ1) is 16.1. The molecule has 0 aromatic carbocycles. The number of furan rings is 1. The maximum absolute atomic E-state index is 12.0. The van der Waals surface area contributed by atoms with Gasteiger partial charge in [-0.3, -0.25) is 4.79 Å². The first-order chi connectivity index (χ1) is 12.0. The molecule has 7 atom stereocenters. The predicted octanol–water partition coefficient (Wildman–Crippen LogP) is 5.98. The molecule has 0 radical (unpaired) electrons. The van der Waals surface area contributed by atoms with E-state index >= 15 is 0 Å². The normalized spacial score (nSPS) is 49.4. The average molecular weight is 341 g/mol. The van der Waals surface area contributed by atoms with E-state index in [0.29, 0.717) is 28.4 Å². The van der Waals surface area contributed by atoms with Gasteiger partial charge in [-0.25, -0.2) is 0 Å². The largest absolute Gasteiger partial charge is 0.472 e. The Morgan fingerprint density at radius 2 is 1.84 bits per heavy atom. The Bertz CT molecular complexity index is 662. The van der Waals surface area contributed by atoms with Crippen LogP contribution in [0.2, 0.25) is 0 Å². The van der Waals surface area contributed by atoms with Gasteiger partial charge in [0, 0.05) is 12.8 Å². The molecule has 4 aliphatic carbocycles. The van der Waals surface area contributed by atoms with Crippen LogP contribution in [0.25, 0.3) is 0 Å². The molecule has 0 amide bonds. The Kier molecular flexibility index (Phi) is 3.53. The number of Topliss-reactive ketones (excluding diaryl/α,β-unsaturated/α-hetero) is 1. The number of rotatable bonds is 1. The summed E-state index contributed by atoms with van der Waals surface area (Å²) in [6, 6.07) is 2.20. The Morgan fingerprint density at radius 3 is 2.64 bits per heavy atom. The van der Waals surface area contributed by atoms with Crippen LogP contribution in [0.4, 0.5) is 0 Å². The number of ketones is 1. The zero-order valence-electron chi connectivity index (χ0n) is 15.8. The Balaban J connectivity index is 1.45. The third-order valence-corrected chi connectivity index (χ3v) is 9.43. The average Bonchev–Trinajstić information content (AvgIpc) is 3.22. The maximum Gasteiger partial charge on any atom is 0.133 e. The van der Waals surface area contributed by atoms with Gasteiger partial charge in [-0.2, -0.15) is 0 Å². The van der Waals surface area contributed by atoms with Crippen molar-refractivity contribution in [3.05, 3.63) is 24.2 Å². The van der Waals surface area contributed by atoms with E-state index in [1.165, 1.54) is 44.1 Å². The van der Waals surface area contributed by atoms with Crippen LogP contribution in [0, 0.1) is 34.5 Å². The molecule has 1 aromatic rings. The zero-order valence-corrected chi connectivity index (χ0v) is 15.8. The van der Waals surface area contributed by atoms with Crippen molar-refractivity contribution < 1.29 is 9.21 Å². The second kappa shape index (κ2) is 5.47. The molecule has 0 N–H and O–H groups in total. The van der Waals surface area contributed by atoms with Gasteiger partial charge in [-0.15, -0.1) is 0 Å². The standard InChI is InChI=1S/C23H32O2/c1-22-10-7-17(24)13-16(22)3-4-18-20-6-5-19(15-9-12-25-14-15)23(20,2)11-8-21(18)22/h9,12,14,16,18-21H,3-8,10-11,13H2,1-2H3/t16?,18?,19-,20?,21?,22+,23-/m1/s1. The first-order valence-corrected chi connectivity index (χ1v) is 10.6. The Labute approximate surface area is 151 Å². The van der Waals surface area contributed by atoms with Crippen molar-refractivity contribution in [1.82, 2.24) is 0 Å². The van der Waals surface area contributed by atoms with E-state index in [-0.39, 0.29) is 0 Å². The van der Waals surface area contributed by atoms with Crippen LogP contribution in [-0.4, -0.2) is 5.78 Å². The second-order valence-corrected chi connectivity index (χ2v) is 10.1. The molecule has 0 spiro atoms. The molecule has 5 rings (SSSR count). The zero-order chi connectivity index (χ0) is 17.2. The van der Waals surface area contributed by atoms with Gasteiger partial charge in [-0.1, -0.05) is 13.8 Å². The molecule has 2 heteroatoms. The second-order valence-electron chi connectivity index (χ2n) is 10.1. The Morgan fingerprint density at radius 1 is 1.00 bits per heavy atom. The van der Waals surface area contributed by atoms with E-state index < -0.39 is 0 Å². The summed E-state index contributed by atoms with van der Waals surface area (Å²) in [5.74, 6) is 4.52. The van der Waals surface area contributed by atoms with E-state index in [0.717, 1.165) is 37.0 Å². The summed E-state index contributed by atoms with van der Waals surface area (Å²) in [6.07, 6.45) is 14.9. The Hall–Kier alpha value is -1.05. The monoisotopic (exact) mass is 340 g/mol. The highest BCUT2D eigenvalue weighted by atomic mass is 16.3. The van der Waals surface area contributed by atoms with Crippen molar-refractivity contribution >= 4 is 5.78 Å². The van der Waals surface area contributed by atoms with E-state index in [2.05, 4.69) is 19.9 Å². The number of fused-ring (bicyclic) bond motifs is 5. The van der Waals surface area contributed by atoms with Crippen molar-refractivity contribution in [2.45, 2.75) is 77.6 Å². The van der Waals surface area contributed by atoms with Crippen LogP contribution in [0.5, 0.6) is 0 Å². The lowest BCUT2D eigenvalue weighted by Crippen LogP contribution is -2.53. The minimum atomic E-state index is 0.436. The fourth-order valence-electron chi connectivity index (χ4n) is 8.07.